The van der Waals surface area contributed by atoms with Crippen molar-refractivity contribution in [2.45, 2.75) is 26.8 Å². The Morgan fingerprint density at radius 3 is 2.52 bits per heavy atom. The second-order valence-electron chi connectivity index (χ2n) is 5.86. The molecule has 0 saturated heterocycles. The van der Waals surface area contributed by atoms with Crippen molar-refractivity contribution in [1.82, 2.24) is 5.32 Å². The molecule has 0 saturated carbocycles. The van der Waals surface area contributed by atoms with Crippen LogP contribution >= 0.6 is 0 Å². The van der Waals surface area contributed by atoms with Crippen molar-refractivity contribution >= 4 is 11.6 Å². The highest BCUT2D eigenvalue weighted by atomic mass is 16.5. The van der Waals surface area contributed by atoms with Crippen LogP contribution in [0.5, 0.6) is 11.5 Å². The van der Waals surface area contributed by atoms with Gasteiger partial charge in [0.1, 0.15) is 0 Å². The minimum absolute atomic E-state index is 0.0718. The van der Waals surface area contributed by atoms with Crippen LogP contribution in [0.15, 0.2) is 42.5 Å². The summed E-state index contributed by atoms with van der Waals surface area (Å²) in [5.41, 5.74) is 3.01. The van der Waals surface area contributed by atoms with Gasteiger partial charge in [0.05, 0.1) is 7.11 Å². The van der Waals surface area contributed by atoms with E-state index in [0.717, 1.165) is 36.3 Å². The average Bonchev–Trinajstić information content (AvgIpc) is 2.62. The first-order chi connectivity index (χ1) is 12.1. The number of carbonyl (C=O) groups excluding carboxylic acids is 1. The summed E-state index contributed by atoms with van der Waals surface area (Å²) in [5, 5.41) is 6.15. The van der Waals surface area contributed by atoms with E-state index in [1.54, 1.807) is 7.11 Å². The van der Waals surface area contributed by atoms with Crippen LogP contribution in [0, 0.1) is 6.92 Å². The van der Waals surface area contributed by atoms with Crippen molar-refractivity contribution in [2.75, 3.05) is 25.6 Å². The SMILES string of the molecule is CCCNCc1ccc(OCC(=O)Nc2ccc(C)cc2)c(OC)c1. The predicted octanol–water partition coefficient (Wildman–Crippen LogP) is 3.52. The number of nitrogens with one attached hydrogen (secondary N) is 2. The number of carbonyl (C=O) groups is 1. The van der Waals surface area contributed by atoms with Crippen LogP contribution in [0.1, 0.15) is 24.5 Å². The molecule has 134 valence electrons. The van der Waals surface area contributed by atoms with Gasteiger partial charge >= 0.3 is 0 Å². The van der Waals surface area contributed by atoms with Crippen LogP contribution in [0.3, 0.4) is 0 Å². The Kier molecular flexibility index (Phi) is 7.29. The number of rotatable bonds is 9. The first kappa shape index (κ1) is 18.8. The molecular weight excluding hydrogens is 316 g/mol. The van der Waals surface area contributed by atoms with Gasteiger partial charge in [0, 0.05) is 12.2 Å². The Balaban J connectivity index is 1.90. The molecule has 0 aliphatic rings. The fourth-order valence-electron chi connectivity index (χ4n) is 2.33. The van der Waals surface area contributed by atoms with Crippen molar-refractivity contribution in [3.8, 4) is 11.5 Å². The van der Waals surface area contributed by atoms with E-state index in [0.29, 0.717) is 11.5 Å². The lowest BCUT2D eigenvalue weighted by molar-refractivity contribution is -0.118. The van der Waals surface area contributed by atoms with E-state index < -0.39 is 0 Å². The van der Waals surface area contributed by atoms with Crippen molar-refractivity contribution in [3.05, 3.63) is 53.6 Å². The van der Waals surface area contributed by atoms with Gasteiger partial charge < -0.3 is 20.1 Å². The number of hydrogen-bond donors (Lipinski definition) is 2. The summed E-state index contributed by atoms with van der Waals surface area (Å²) in [6.45, 7) is 5.81. The molecule has 2 aromatic rings. The monoisotopic (exact) mass is 342 g/mol. The summed E-state index contributed by atoms with van der Waals surface area (Å²) < 4.78 is 11.0. The Morgan fingerprint density at radius 2 is 1.84 bits per heavy atom. The number of benzene rings is 2. The lowest BCUT2D eigenvalue weighted by Gasteiger charge is -2.13. The zero-order valence-corrected chi connectivity index (χ0v) is 15.1. The number of hydrogen-bond acceptors (Lipinski definition) is 4. The first-order valence-electron chi connectivity index (χ1n) is 8.49. The molecule has 2 rings (SSSR count). The maximum Gasteiger partial charge on any atom is 0.262 e. The molecule has 0 bridgehead atoms. The summed E-state index contributed by atoms with van der Waals surface area (Å²) in [6.07, 6.45) is 1.09. The summed E-state index contributed by atoms with van der Waals surface area (Å²) >= 11 is 0. The van der Waals surface area contributed by atoms with E-state index in [1.165, 1.54) is 0 Å². The molecule has 0 atom stereocenters. The van der Waals surface area contributed by atoms with Gasteiger partial charge in [0.2, 0.25) is 0 Å². The molecular formula is C20H26N2O3. The Morgan fingerprint density at radius 1 is 1.08 bits per heavy atom. The quantitative estimate of drug-likeness (QED) is 0.685. The van der Waals surface area contributed by atoms with E-state index >= 15 is 0 Å². The van der Waals surface area contributed by atoms with Gasteiger partial charge in [-0.2, -0.15) is 0 Å². The summed E-state index contributed by atoms with van der Waals surface area (Å²) in [4.78, 5) is 12.0. The normalized spacial score (nSPS) is 10.4. The second kappa shape index (κ2) is 9.69. The van der Waals surface area contributed by atoms with E-state index in [2.05, 4.69) is 17.6 Å². The van der Waals surface area contributed by atoms with Crippen molar-refractivity contribution in [3.63, 3.8) is 0 Å². The number of ether oxygens (including phenoxy) is 2. The van der Waals surface area contributed by atoms with Crippen molar-refractivity contribution in [1.29, 1.82) is 0 Å². The fourth-order valence-corrected chi connectivity index (χ4v) is 2.33. The van der Waals surface area contributed by atoms with E-state index in [9.17, 15) is 4.79 Å². The molecule has 0 aliphatic carbocycles. The third kappa shape index (κ3) is 6.12. The maximum absolute atomic E-state index is 12.0. The van der Waals surface area contributed by atoms with Gasteiger partial charge in [-0.15, -0.1) is 0 Å². The highest BCUT2D eigenvalue weighted by Crippen LogP contribution is 2.28. The Hall–Kier alpha value is -2.53. The van der Waals surface area contributed by atoms with Gasteiger partial charge in [-0.05, 0) is 49.7 Å². The van der Waals surface area contributed by atoms with Crippen molar-refractivity contribution < 1.29 is 14.3 Å². The highest BCUT2D eigenvalue weighted by molar-refractivity contribution is 5.91. The van der Waals surface area contributed by atoms with Crippen LogP contribution in [-0.2, 0) is 11.3 Å². The average molecular weight is 342 g/mol. The molecule has 0 radical (unpaired) electrons. The van der Waals surface area contributed by atoms with Crippen LogP contribution in [0.2, 0.25) is 0 Å². The maximum atomic E-state index is 12.0. The molecule has 2 aromatic carbocycles. The minimum atomic E-state index is -0.209. The molecule has 5 nitrogen and oxygen atoms in total. The van der Waals surface area contributed by atoms with Gasteiger partial charge in [-0.1, -0.05) is 30.7 Å². The highest BCUT2D eigenvalue weighted by Gasteiger charge is 2.09. The number of anilines is 1. The molecule has 0 aliphatic heterocycles. The molecule has 0 fully saturated rings. The van der Waals surface area contributed by atoms with Crippen LogP contribution < -0.4 is 20.1 Å². The van der Waals surface area contributed by atoms with E-state index in [-0.39, 0.29) is 12.5 Å². The van der Waals surface area contributed by atoms with E-state index in [4.69, 9.17) is 9.47 Å². The zero-order chi connectivity index (χ0) is 18.1. The zero-order valence-electron chi connectivity index (χ0n) is 15.1. The minimum Gasteiger partial charge on any atom is -0.493 e. The summed E-state index contributed by atoms with van der Waals surface area (Å²) in [7, 11) is 1.60. The topological polar surface area (TPSA) is 59.6 Å². The molecule has 0 heterocycles. The third-order valence-corrected chi connectivity index (χ3v) is 3.68. The first-order valence-corrected chi connectivity index (χ1v) is 8.49. The molecule has 1 amide bonds. The lowest BCUT2D eigenvalue weighted by atomic mass is 10.2. The van der Waals surface area contributed by atoms with Gasteiger partial charge in [0.25, 0.3) is 5.91 Å². The standard InChI is InChI=1S/C20H26N2O3/c1-4-11-21-13-16-7-10-18(19(12-16)24-3)25-14-20(23)22-17-8-5-15(2)6-9-17/h5-10,12,21H,4,11,13-14H2,1-3H3,(H,22,23). The smallest absolute Gasteiger partial charge is 0.262 e. The number of methoxy groups -OCH3 is 1. The Bertz CT molecular complexity index is 684. The fraction of sp³-hybridized carbons (Fsp3) is 0.350. The Labute approximate surface area is 149 Å². The number of aryl methyl sites for hydroxylation is 1. The van der Waals surface area contributed by atoms with Gasteiger partial charge in [0.15, 0.2) is 18.1 Å². The molecule has 0 aromatic heterocycles. The molecule has 5 heteroatoms. The summed E-state index contributed by atoms with van der Waals surface area (Å²) in [5.74, 6) is 0.972. The second-order valence-corrected chi connectivity index (χ2v) is 5.86. The lowest BCUT2D eigenvalue weighted by Crippen LogP contribution is -2.20. The molecule has 0 spiro atoms. The van der Waals surface area contributed by atoms with E-state index in [1.807, 2.05) is 49.4 Å². The van der Waals surface area contributed by atoms with Gasteiger partial charge in [-0.25, -0.2) is 0 Å². The van der Waals surface area contributed by atoms with Crippen molar-refractivity contribution in [2.24, 2.45) is 0 Å². The van der Waals surface area contributed by atoms with Crippen LogP contribution in [0.4, 0.5) is 5.69 Å². The number of amides is 1. The predicted molar refractivity (Wildman–Crippen MR) is 100 cm³/mol. The van der Waals surface area contributed by atoms with Gasteiger partial charge in [-0.3, -0.25) is 4.79 Å². The molecule has 2 N–H and O–H groups in total. The molecule has 0 unspecified atom stereocenters. The van der Waals surface area contributed by atoms with Crippen LogP contribution in [0.25, 0.3) is 0 Å². The largest absolute Gasteiger partial charge is 0.493 e. The molecule has 25 heavy (non-hydrogen) atoms. The summed E-state index contributed by atoms with van der Waals surface area (Å²) in [6, 6.07) is 13.4. The third-order valence-electron chi connectivity index (χ3n) is 3.68. The van der Waals surface area contributed by atoms with Crippen LogP contribution in [-0.4, -0.2) is 26.2 Å².